The first-order chi connectivity index (χ1) is 8.48. The highest BCUT2D eigenvalue weighted by atomic mass is 16.2. The summed E-state index contributed by atoms with van der Waals surface area (Å²) in [5.41, 5.74) is -0.434. The van der Waals surface area contributed by atoms with Crippen molar-refractivity contribution in [2.24, 2.45) is 5.41 Å². The van der Waals surface area contributed by atoms with Gasteiger partial charge in [-0.1, -0.05) is 20.8 Å². The SMILES string of the molecule is CC(C(=O)C(C)(C)C)N(C)C(=O)N(C)CCN(C)C. The zero-order valence-corrected chi connectivity index (χ0v) is 13.6. The van der Waals surface area contributed by atoms with Crippen molar-refractivity contribution in [1.29, 1.82) is 0 Å². The Hall–Kier alpha value is -1.10. The smallest absolute Gasteiger partial charge is 0.320 e. The first-order valence-electron chi connectivity index (χ1n) is 6.65. The number of hydrogen-bond acceptors (Lipinski definition) is 3. The molecule has 1 atom stereocenters. The van der Waals surface area contributed by atoms with E-state index in [-0.39, 0.29) is 11.8 Å². The van der Waals surface area contributed by atoms with E-state index in [0.717, 1.165) is 6.54 Å². The highest BCUT2D eigenvalue weighted by Crippen LogP contribution is 2.19. The molecular weight excluding hydrogens is 242 g/mol. The van der Waals surface area contributed by atoms with E-state index in [2.05, 4.69) is 0 Å². The van der Waals surface area contributed by atoms with E-state index < -0.39 is 11.5 Å². The van der Waals surface area contributed by atoms with Gasteiger partial charge in [0.05, 0.1) is 6.04 Å². The normalized spacial score (nSPS) is 13.3. The molecule has 0 fully saturated rings. The summed E-state index contributed by atoms with van der Waals surface area (Å²) in [4.78, 5) is 29.6. The van der Waals surface area contributed by atoms with Gasteiger partial charge in [-0.2, -0.15) is 0 Å². The van der Waals surface area contributed by atoms with Crippen LogP contribution < -0.4 is 0 Å². The molecule has 0 heterocycles. The molecule has 0 rings (SSSR count). The first kappa shape index (κ1) is 17.9. The number of amides is 2. The Morgan fingerprint density at radius 3 is 1.84 bits per heavy atom. The van der Waals surface area contributed by atoms with E-state index in [0.29, 0.717) is 6.54 Å². The molecular formula is C14H29N3O2. The summed E-state index contributed by atoms with van der Waals surface area (Å²) in [7, 11) is 7.38. The Kier molecular flexibility index (Phi) is 6.49. The minimum absolute atomic E-state index is 0.0735. The van der Waals surface area contributed by atoms with Gasteiger partial charge in [-0.3, -0.25) is 4.79 Å². The second-order valence-corrected chi connectivity index (χ2v) is 6.41. The summed E-state index contributed by atoms with van der Waals surface area (Å²) in [6, 6.07) is -0.527. The molecule has 112 valence electrons. The van der Waals surface area contributed by atoms with Crippen molar-refractivity contribution in [2.75, 3.05) is 41.3 Å². The maximum absolute atomic E-state index is 12.2. The van der Waals surface area contributed by atoms with Crippen LogP contribution in [0.4, 0.5) is 4.79 Å². The van der Waals surface area contributed by atoms with E-state index in [1.807, 2.05) is 39.8 Å². The lowest BCUT2D eigenvalue weighted by Gasteiger charge is -2.32. The quantitative estimate of drug-likeness (QED) is 0.762. The fourth-order valence-corrected chi connectivity index (χ4v) is 1.68. The lowest BCUT2D eigenvalue weighted by Crippen LogP contribution is -2.50. The molecule has 0 aliphatic carbocycles. The Bertz CT molecular complexity index is 321. The van der Waals surface area contributed by atoms with Gasteiger partial charge in [-0.25, -0.2) is 4.79 Å². The van der Waals surface area contributed by atoms with Gasteiger partial charge in [0.15, 0.2) is 5.78 Å². The van der Waals surface area contributed by atoms with Crippen molar-refractivity contribution in [2.45, 2.75) is 33.7 Å². The molecule has 0 aromatic carbocycles. The van der Waals surface area contributed by atoms with Crippen LogP contribution in [0.15, 0.2) is 0 Å². The summed E-state index contributed by atoms with van der Waals surface area (Å²) in [6.45, 7) is 8.86. The van der Waals surface area contributed by atoms with Gasteiger partial charge < -0.3 is 14.7 Å². The number of Topliss-reactive ketones (excluding diaryl/α,β-unsaturated/α-hetero) is 1. The summed E-state index contributed by atoms with van der Waals surface area (Å²) in [5.74, 6) is 0.0735. The Morgan fingerprint density at radius 2 is 1.47 bits per heavy atom. The number of ketones is 1. The molecule has 2 amide bonds. The van der Waals surface area contributed by atoms with Crippen LogP contribution >= 0.6 is 0 Å². The molecule has 1 unspecified atom stereocenters. The fraction of sp³-hybridized carbons (Fsp3) is 0.857. The number of rotatable bonds is 5. The van der Waals surface area contributed by atoms with Crippen molar-refractivity contribution in [3.63, 3.8) is 0 Å². The predicted octanol–water partition coefficient (Wildman–Crippen LogP) is 1.54. The van der Waals surface area contributed by atoms with Crippen molar-refractivity contribution in [3.05, 3.63) is 0 Å². The standard InChI is InChI=1S/C14H29N3O2/c1-11(12(18)14(2,3)4)17(8)13(19)16(7)10-9-15(5)6/h11H,9-10H2,1-8H3. The van der Waals surface area contributed by atoms with Gasteiger partial charge in [0.25, 0.3) is 0 Å². The van der Waals surface area contributed by atoms with Crippen LogP contribution in [-0.2, 0) is 4.79 Å². The number of carbonyl (C=O) groups excluding carboxylic acids is 2. The maximum atomic E-state index is 12.2. The average Bonchev–Trinajstić information content (AvgIpc) is 2.30. The number of urea groups is 1. The largest absolute Gasteiger partial charge is 0.326 e. The third-order valence-electron chi connectivity index (χ3n) is 3.21. The first-order valence-corrected chi connectivity index (χ1v) is 6.65. The zero-order chi connectivity index (χ0) is 15.4. The van der Waals surface area contributed by atoms with Crippen molar-refractivity contribution < 1.29 is 9.59 Å². The van der Waals surface area contributed by atoms with Gasteiger partial charge in [0, 0.05) is 32.6 Å². The number of likely N-dealkylation sites (N-methyl/N-ethyl adjacent to an activating group) is 3. The number of carbonyl (C=O) groups is 2. The monoisotopic (exact) mass is 271 g/mol. The lowest BCUT2D eigenvalue weighted by atomic mass is 9.86. The molecule has 0 aromatic heterocycles. The fourth-order valence-electron chi connectivity index (χ4n) is 1.68. The van der Waals surface area contributed by atoms with Crippen LogP contribution in [0.1, 0.15) is 27.7 Å². The van der Waals surface area contributed by atoms with E-state index in [1.165, 1.54) is 4.90 Å². The molecule has 0 aromatic rings. The average molecular weight is 271 g/mol. The molecule has 5 heteroatoms. The third-order valence-corrected chi connectivity index (χ3v) is 3.21. The van der Waals surface area contributed by atoms with Crippen LogP contribution in [0.3, 0.4) is 0 Å². The van der Waals surface area contributed by atoms with Gasteiger partial charge in [0.1, 0.15) is 0 Å². The third kappa shape index (κ3) is 5.59. The Morgan fingerprint density at radius 1 is 1.00 bits per heavy atom. The second-order valence-electron chi connectivity index (χ2n) is 6.41. The van der Waals surface area contributed by atoms with Gasteiger partial charge in [-0.05, 0) is 21.0 Å². The van der Waals surface area contributed by atoms with Crippen LogP contribution in [-0.4, -0.2) is 73.8 Å². The topological polar surface area (TPSA) is 43.9 Å². The van der Waals surface area contributed by atoms with Crippen molar-refractivity contribution in [1.82, 2.24) is 14.7 Å². The molecule has 0 radical (unpaired) electrons. The van der Waals surface area contributed by atoms with E-state index >= 15 is 0 Å². The highest BCUT2D eigenvalue weighted by molar-refractivity contribution is 5.91. The van der Waals surface area contributed by atoms with E-state index in [9.17, 15) is 9.59 Å². The van der Waals surface area contributed by atoms with E-state index in [1.54, 1.807) is 25.9 Å². The number of hydrogen-bond donors (Lipinski definition) is 0. The lowest BCUT2D eigenvalue weighted by molar-refractivity contribution is -0.130. The molecule has 0 aliphatic heterocycles. The molecule has 0 aliphatic rings. The molecule has 19 heavy (non-hydrogen) atoms. The summed E-state index contributed by atoms with van der Waals surface area (Å²) >= 11 is 0. The van der Waals surface area contributed by atoms with Crippen molar-refractivity contribution >= 4 is 11.8 Å². The Balaban J connectivity index is 4.60. The van der Waals surface area contributed by atoms with Crippen molar-refractivity contribution in [3.8, 4) is 0 Å². The minimum Gasteiger partial charge on any atom is -0.326 e. The maximum Gasteiger partial charge on any atom is 0.320 e. The molecule has 0 saturated carbocycles. The molecule has 0 spiro atoms. The zero-order valence-electron chi connectivity index (χ0n) is 13.6. The van der Waals surface area contributed by atoms with Crippen LogP contribution in [0.25, 0.3) is 0 Å². The van der Waals surface area contributed by atoms with Crippen LogP contribution in [0, 0.1) is 5.41 Å². The molecule has 5 nitrogen and oxygen atoms in total. The molecule has 0 saturated heterocycles. The molecule has 0 N–H and O–H groups in total. The summed E-state index contributed by atoms with van der Waals surface area (Å²) in [6.07, 6.45) is 0. The highest BCUT2D eigenvalue weighted by Gasteiger charge is 2.31. The summed E-state index contributed by atoms with van der Waals surface area (Å²) < 4.78 is 0. The van der Waals surface area contributed by atoms with E-state index in [4.69, 9.17) is 0 Å². The van der Waals surface area contributed by atoms with Crippen LogP contribution in [0.2, 0.25) is 0 Å². The minimum atomic E-state index is -0.434. The van der Waals surface area contributed by atoms with Gasteiger partial charge in [-0.15, -0.1) is 0 Å². The van der Waals surface area contributed by atoms with Crippen LogP contribution in [0.5, 0.6) is 0 Å². The second kappa shape index (κ2) is 6.89. The number of nitrogens with zero attached hydrogens (tertiary/aromatic N) is 3. The summed E-state index contributed by atoms with van der Waals surface area (Å²) in [5, 5.41) is 0. The predicted molar refractivity (Wildman–Crippen MR) is 78.3 cm³/mol. The molecule has 0 bridgehead atoms. The Labute approximate surface area is 117 Å². The van der Waals surface area contributed by atoms with Gasteiger partial charge >= 0.3 is 6.03 Å². The van der Waals surface area contributed by atoms with Gasteiger partial charge in [0.2, 0.25) is 0 Å².